The molecule has 7 nitrogen and oxygen atoms in total. The third-order valence-electron chi connectivity index (χ3n) is 2.68. The van der Waals surface area contributed by atoms with Crippen LogP contribution in [0.15, 0.2) is 12.1 Å². The lowest BCUT2D eigenvalue weighted by Gasteiger charge is -2.22. The number of nitrogens with zero attached hydrogens (tertiary/aromatic N) is 2. The van der Waals surface area contributed by atoms with Crippen LogP contribution in [0.1, 0.15) is 23.8 Å². The molecule has 0 spiro atoms. The van der Waals surface area contributed by atoms with Crippen molar-refractivity contribution in [1.29, 1.82) is 0 Å². The van der Waals surface area contributed by atoms with E-state index in [0.29, 0.717) is 19.0 Å². The highest BCUT2D eigenvalue weighted by atomic mass is 16.5. The van der Waals surface area contributed by atoms with Crippen LogP contribution in [-0.2, 0) is 4.74 Å². The first kappa shape index (κ1) is 11.7. The van der Waals surface area contributed by atoms with E-state index in [1.165, 1.54) is 0 Å². The summed E-state index contributed by atoms with van der Waals surface area (Å²) in [4.78, 5) is 11.9. The average molecular weight is 237 g/mol. The molecule has 1 aliphatic heterocycles. The third kappa shape index (κ3) is 2.69. The van der Waals surface area contributed by atoms with Gasteiger partial charge in [0.15, 0.2) is 11.5 Å². The van der Waals surface area contributed by atoms with Crippen LogP contribution in [0.2, 0.25) is 0 Å². The molecule has 17 heavy (non-hydrogen) atoms. The molecule has 2 rings (SSSR count). The zero-order chi connectivity index (χ0) is 12.3. The molecule has 1 aliphatic rings. The number of aromatic nitrogens is 2. The SMILES string of the molecule is CC1(NC(=O)c2ccc(NN)nn2)CCOC1. The number of hydrogen-bond donors (Lipinski definition) is 3. The van der Waals surface area contributed by atoms with Crippen LogP contribution in [0, 0.1) is 0 Å². The first-order valence-corrected chi connectivity index (χ1v) is 5.34. The zero-order valence-electron chi connectivity index (χ0n) is 9.56. The van der Waals surface area contributed by atoms with E-state index in [4.69, 9.17) is 10.6 Å². The molecule has 7 heteroatoms. The van der Waals surface area contributed by atoms with Crippen molar-refractivity contribution in [2.75, 3.05) is 18.6 Å². The van der Waals surface area contributed by atoms with Gasteiger partial charge in [-0.3, -0.25) is 4.79 Å². The van der Waals surface area contributed by atoms with E-state index < -0.39 is 0 Å². The standard InChI is InChI=1S/C10H15N5O2/c1-10(4-5-17-6-10)12-9(16)7-2-3-8(13-11)15-14-7/h2-3H,4-6,11H2,1H3,(H,12,16)(H,13,15). The Labute approximate surface area is 98.7 Å². The molecule has 0 aliphatic carbocycles. The summed E-state index contributed by atoms with van der Waals surface area (Å²) in [6, 6.07) is 3.16. The van der Waals surface area contributed by atoms with E-state index >= 15 is 0 Å². The number of carbonyl (C=O) groups excluding carboxylic acids is 1. The second-order valence-corrected chi connectivity index (χ2v) is 4.27. The summed E-state index contributed by atoms with van der Waals surface area (Å²) in [5.74, 6) is 5.32. The molecule has 92 valence electrons. The predicted octanol–water partition coefficient (Wildman–Crippen LogP) is -0.329. The maximum atomic E-state index is 11.9. The first-order chi connectivity index (χ1) is 8.13. The minimum atomic E-state index is -0.316. The maximum absolute atomic E-state index is 11.9. The van der Waals surface area contributed by atoms with Gasteiger partial charge in [0.2, 0.25) is 0 Å². The minimum absolute atomic E-state index is 0.255. The minimum Gasteiger partial charge on any atom is -0.379 e. The Morgan fingerprint density at radius 1 is 1.53 bits per heavy atom. The van der Waals surface area contributed by atoms with Gasteiger partial charge in [0.05, 0.1) is 12.1 Å². The van der Waals surface area contributed by atoms with Gasteiger partial charge in [-0.15, -0.1) is 10.2 Å². The fraction of sp³-hybridized carbons (Fsp3) is 0.500. The number of anilines is 1. The van der Waals surface area contributed by atoms with Crippen molar-refractivity contribution < 1.29 is 9.53 Å². The van der Waals surface area contributed by atoms with E-state index in [2.05, 4.69) is 20.9 Å². The van der Waals surface area contributed by atoms with Crippen molar-refractivity contribution in [2.24, 2.45) is 5.84 Å². The number of nitrogens with two attached hydrogens (primary N) is 1. The topological polar surface area (TPSA) is 102 Å². The molecule has 1 fully saturated rings. The van der Waals surface area contributed by atoms with Crippen LogP contribution in [0.4, 0.5) is 5.82 Å². The summed E-state index contributed by atoms with van der Waals surface area (Å²) in [5, 5.41) is 10.4. The molecule has 0 saturated carbocycles. The second kappa shape index (κ2) is 4.64. The second-order valence-electron chi connectivity index (χ2n) is 4.27. The Balaban J connectivity index is 2.03. The Morgan fingerprint density at radius 3 is 2.88 bits per heavy atom. The normalized spacial score (nSPS) is 23.4. The molecule has 0 bridgehead atoms. The van der Waals surface area contributed by atoms with Gasteiger partial charge in [-0.25, -0.2) is 5.84 Å². The summed E-state index contributed by atoms with van der Waals surface area (Å²) in [5.41, 5.74) is 2.29. The monoisotopic (exact) mass is 237 g/mol. The highest BCUT2D eigenvalue weighted by Gasteiger charge is 2.31. The molecule has 1 amide bonds. The summed E-state index contributed by atoms with van der Waals surface area (Å²) in [6.07, 6.45) is 0.800. The molecule has 1 saturated heterocycles. The number of amides is 1. The molecular formula is C10H15N5O2. The summed E-state index contributed by atoms with van der Waals surface area (Å²) < 4.78 is 5.26. The highest BCUT2D eigenvalue weighted by molar-refractivity contribution is 5.92. The van der Waals surface area contributed by atoms with E-state index in [-0.39, 0.29) is 17.1 Å². The fourth-order valence-corrected chi connectivity index (χ4v) is 1.63. The summed E-state index contributed by atoms with van der Waals surface area (Å²) in [6.45, 7) is 3.13. The van der Waals surface area contributed by atoms with Crippen molar-refractivity contribution in [2.45, 2.75) is 18.9 Å². The van der Waals surface area contributed by atoms with Crippen molar-refractivity contribution >= 4 is 11.7 Å². The number of hydrogen-bond acceptors (Lipinski definition) is 6. The van der Waals surface area contributed by atoms with Crippen LogP contribution in [0.5, 0.6) is 0 Å². The Bertz CT molecular complexity index is 400. The maximum Gasteiger partial charge on any atom is 0.272 e. The lowest BCUT2D eigenvalue weighted by atomic mass is 10.0. The predicted molar refractivity (Wildman–Crippen MR) is 61.1 cm³/mol. The van der Waals surface area contributed by atoms with Crippen molar-refractivity contribution in [3.8, 4) is 0 Å². The number of nitrogen functional groups attached to an aromatic ring is 1. The lowest BCUT2D eigenvalue weighted by Crippen LogP contribution is -2.46. The van der Waals surface area contributed by atoms with E-state index in [1.807, 2.05) is 6.92 Å². The molecule has 1 unspecified atom stereocenters. The molecule has 1 aromatic heterocycles. The quantitative estimate of drug-likeness (QED) is 0.491. The largest absolute Gasteiger partial charge is 0.379 e. The molecule has 0 radical (unpaired) electrons. The van der Waals surface area contributed by atoms with E-state index in [0.717, 1.165) is 6.42 Å². The van der Waals surface area contributed by atoms with Gasteiger partial charge >= 0.3 is 0 Å². The van der Waals surface area contributed by atoms with Crippen molar-refractivity contribution in [1.82, 2.24) is 15.5 Å². The van der Waals surface area contributed by atoms with Gasteiger partial charge in [-0.1, -0.05) is 0 Å². The Morgan fingerprint density at radius 2 is 2.35 bits per heavy atom. The Kier molecular flexibility index (Phi) is 3.21. The van der Waals surface area contributed by atoms with Gasteiger partial charge in [0, 0.05) is 6.61 Å². The van der Waals surface area contributed by atoms with Crippen molar-refractivity contribution in [3.63, 3.8) is 0 Å². The molecule has 1 aromatic rings. The number of carbonyl (C=O) groups is 1. The van der Waals surface area contributed by atoms with E-state index in [1.54, 1.807) is 12.1 Å². The lowest BCUT2D eigenvalue weighted by molar-refractivity contribution is 0.0884. The molecule has 0 aromatic carbocycles. The van der Waals surface area contributed by atoms with Gasteiger partial charge < -0.3 is 15.5 Å². The number of ether oxygens (including phenoxy) is 1. The van der Waals surface area contributed by atoms with Crippen LogP contribution in [0.3, 0.4) is 0 Å². The molecular weight excluding hydrogens is 222 g/mol. The fourth-order valence-electron chi connectivity index (χ4n) is 1.63. The smallest absolute Gasteiger partial charge is 0.272 e. The van der Waals surface area contributed by atoms with Crippen LogP contribution in [0.25, 0.3) is 0 Å². The van der Waals surface area contributed by atoms with Gasteiger partial charge in [0.1, 0.15) is 0 Å². The van der Waals surface area contributed by atoms with Crippen LogP contribution in [-0.4, -0.2) is 34.9 Å². The summed E-state index contributed by atoms with van der Waals surface area (Å²) in [7, 11) is 0. The van der Waals surface area contributed by atoms with Gasteiger partial charge in [-0.2, -0.15) is 0 Å². The molecule has 4 N–H and O–H groups in total. The highest BCUT2D eigenvalue weighted by Crippen LogP contribution is 2.17. The summed E-state index contributed by atoms with van der Waals surface area (Å²) >= 11 is 0. The number of nitrogens with one attached hydrogen (secondary N) is 2. The Hall–Kier alpha value is -1.73. The molecule has 1 atom stereocenters. The van der Waals surface area contributed by atoms with Crippen LogP contribution < -0.4 is 16.6 Å². The van der Waals surface area contributed by atoms with Crippen LogP contribution >= 0.6 is 0 Å². The van der Waals surface area contributed by atoms with Crippen molar-refractivity contribution in [3.05, 3.63) is 17.8 Å². The third-order valence-corrected chi connectivity index (χ3v) is 2.68. The van der Waals surface area contributed by atoms with E-state index in [9.17, 15) is 4.79 Å². The molecule has 2 heterocycles. The van der Waals surface area contributed by atoms with Gasteiger partial charge in [-0.05, 0) is 25.5 Å². The first-order valence-electron chi connectivity index (χ1n) is 5.34. The average Bonchev–Trinajstić information content (AvgIpc) is 2.76. The number of hydrazine groups is 1. The van der Waals surface area contributed by atoms with Gasteiger partial charge in [0.25, 0.3) is 5.91 Å². The number of rotatable bonds is 3. The zero-order valence-corrected chi connectivity index (χ0v) is 9.56.